The summed E-state index contributed by atoms with van der Waals surface area (Å²) in [6.45, 7) is 0.206. The predicted octanol–water partition coefficient (Wildman–Crippen LogP) is 2.29. The molecule has 0 bridgehead atoms. The lowest BCUT2D eigenvalue weighted by atomic mass is 9.68. The molecule has 2 rings (SSSR count). The van der Waals surface area contributed by atoms with Gasteiger partial charge in [-0.1, -0.05) is 6.42 Å². The van der Waals surface area contributed by atoms with Crippen molar-refractivity contribution in [2.24, 2.45) is 11.3 Å². The van der Waals surface area contributed by atoms with Crippen LogP contribution in [-0.4, -0.2) is 17.9 Å². The monoisotopic (exact) mass is 172 g/mol. The van der Waals surface area contributed by atoms with Gasteiger partial charge in [-0.3, -0.25) is 0 Å². The van der Waals surface area contributed by atoms with E-state index in [0.29, 0.717) is 12.3 Å². The Hall–Kier alpha value is -0.110. The van der Waals surface area contributed by atoms with Gasteiger partial charge in [-0.05, 0) is 43.4 Å². The van der Waals surface area contributed by atoms with E-state index >= 15 is 0 Å². The molecule has 2 heteroatoms. The lowest BCUT2D eigenvalue weighted by Gasteiger charge is -2.39. The molecule has 2 fully saturated rings. The molecule has 2 aliphatic carbocycles. The fourth-order valence-corrected chi connectivity index (χ4v) is 3.13. The highest BCUT2D eigenvalue weighted by molar-refractivity contribution is 4.96. The van der Waals surface area contributed by atoms with Crippen molar-refractivity contribution in [3.63, 3.8) is 0 Å². The summed E-state index contributed by atoms with van der Waals surface area (Å²) in [7, 11) is 0. The van der Waals surface area contributed by atoms with Crippen molar-refractivity contribution in [3.8, 4) is 0 Å². The minimum absolute atomic E-state index is 0.0162. The van der Waals surface area contributed by atoms with Crippen LogP contribution in [0.1, 0.15) is 38.5 Å². The molecule has 0 aromatic rings. The summed E-state index contributed by atoms with van der Waals surface area (Å²) in [4.78, 5) is 0. The first-order valence-electron chi connectivity index (χ1n) is 5.02. The van der Waals surface area contributed by atoms with E-state index in [1.165, 1.54) is 12.8 Å². The minimum Gasteiger partial charge on any atom is -0.396 e. The van der Waals surface area contributed by atoms with E-state index in [1.807, 2.05) is 0 Å². The molecule has 1 nitrogen and oxygen atoms in total. The summed E-state index contributed by atoms with van der Waals surface area (Å²) >= 11 is 0. The van der Waals surface area contributed by atoms with Gasteiger partial charge in [0.05, 0.1) is 0 Å². The van der Waals surface area contributed by atoms with Crippen LogP contribution in [0.4, 0.5) is 4.39 Å². The highest BCUT2D eigenvalue weighted by atomic mass is 19.1. The second kappa shape index (κ2) is 2.99. The first-order chi connectivity index (χ1) is 5.77. The maximum Gasteiger partial charge on any atom is 0.101 e. The molecule has 0 aromatic heterocycles. The second-order valence-electron chi connectivity index (χ2n) is 4.49. The third-order valence-corrected chi connectivity index (χ3v) is 3.86. The molecule has 2 saturated carbocycles. The normalized spacial score (nSPS) is 47.5. The summed E-state index contributed by atoms with van der Waals surface area (Å²) in [5, 5.41) is 9.30. The standard InChI is InChI=1S/C10H17FO/c11-9-4-3-8-2-1-5-10(8,6-9)7-12/h8-9,12H,1-7H2/t8-,9?,10+/m1/s1. The third-order valence-electron chi connectivity index (χ3n) is 3.86. The Morgan fingerprint density at radius 2 is 2.17 bits per heavy atom. The molecular formula is C10H17FO. The van der Waals surface area contributed by atoms with Crippen molar-refractivity contribution >= 4 is 0 Å². The summed E-state index contributed by atoms with van der Waals surface area (Å²) in [6, 6.07) is 0. The number of hydrogen-bond donors (Lipinski definition) is 1. The molecule has 2 aliphatic rings. The van der Waals surface area contributed by atoms with Crippen LogP contribution < -0.4 is 0 Å². The van der Waals surface area contributed by atoms with Gasteiger partial charge in [0.25, 0.3) is 0 Å². The average molecular weight is 172 g/mol. The highest BCUT2D eigenvalue weighted by Gasteiger charge is 2.46. The second-order valence-corrected chi connectivity index (χ2v) is 4.49. The number of rotatable bonds is 1. The van der Waals surface area contributed by atoms with Gasteiger partial charge < -0.3 is 5.11 Å². The lowest BCUT2D eigenvalue weighted by molar-refractivity contribution is 0.0113. The summed E-state index contributed by atoms with van der Waals surface area (Å²) in [5.41, 5.74) is -0.0162. The average Bonchev–Trinajstić information content (AvgIpc) is 2.47. The van der Waals surface area contributed by atoms with E-state index in [9.17, 15) is 9.50 Å². The molecule has 1 unspecified atom stereocenters. The maximum absolute atomic E-state index is 13.1. The van der Waals surface area contributed by atoms with E-state index in [1.54, 1.807) is 0 Å². The van der Waals surface area contributed by atoms with Gasteiger partial charge in [0.2, 0.25) is 0 Å². The number of fused-ring (bicyclic) bond motifs is 1. The van der Waals surface area contributed by atoms with Crippen molar-refractivity contribution < 1.29 is 9.50 Å². The van der Waals surface area contributed by atoms with Crippen LogP contribution in [-0.2, 0) is 0 Å². The molecule has 1 N–H and O–H groups in total. The third kappa shape index (κ3) is 1.17. The molecular weight excluding hydrogens is 155 g/mol. The Labute approximate surface area is 73.0 Å². The molecule has 12 heavy (non-hydrogen) atoms. The topological polar surface area (TPSA) is 20.2 Å². The largest absolute Gasteiger partial charge is 0.396 e. The molecule has 3 atom stereocenters. The van der Waals surface area contributed by atoms with Crippen molar-refractivity contribution in [2.45, 2.75) is 44.7 Å². The van der Waals surface area contributed by atoms with Gasteiger partial charge >= 0.3 is 0 Å². The molecule has 0 spiro atoms. The Morgan fingerprint density at radius 1 is 1.33 bits per heavy atom. The smallest absolute Gasteiger partial charge is 0.101 e. The molecule has 0 saturated heterocycles. The van der Waals surface area contributed by atoms with Crippen molar-refractivity contribution in [1.82, 2.24) is 0 Å². The number of alkyl halides is 1. The zero-order valence-corrected chi connectivity index (χ0v) is 7.43. The Bertz CT molecular complexity index is 171. The first kappa shape index (κ1) is 8.49. The van der Waals surface area contributed by atoms with E-state index in [4.69, 9.17) is 0 Å². The Kier molecular flexibility index (Phi) is 2.11. The highest BCUT2D eigenvalue weighted by Crippen LogP contribution is 2.52. The maximum atomic E-state index is 13.1. The van der Waals surface area contributed by atoms with Crippen LogP contribution in [0.3, 0.4) is 0 Å². The van der Waals surface area contributed by atoms with Crippen molar-refractivity contribution in [1.29, 1.82) is 0 Å². The molecule has 70 valence electrons. The number of halogens is 1. The van der Waals surface area contributed by atoms with Crippen LogP contribution in [0, 0.1) is 11.3 Å². The van der Waals surface area contributed by atoms with Gasteiger partial charge in [-0.2, -0.15) is 0 Å². The van der Waals surface area contributed by atoms with E-state index in [2.05, 4.69) is 0 Å². The van der Waals surface area contributed by atoms with Gasteiger partial charge in [-0.25, -0.2) is 4.39 Å². The van der Waals surface area contributed by atoms with Crippen molar-refractivity contribution in [3.05, 3.63) is 0 Å². The molecule has 0 radical (unpaired) electrons. The van der Waals surface area contributed by atoms with Gasteiger partial charge in [0, 0.05) is 6.61 Å². The lowest BCUT2D eigenvalue weighted by Crippen LogP contribution is -2.37. The first-order valence-corrected chi connectivity index (χ1v) is 5.02. The van der Waals surface area contributed by atoms with Crippen LogP contribution in [0.15, 0.2) is 0 Å². The van der Waals surface area contributed by atoms with Crippen LogP contribution in [0.25, 0.3) is 0 Å². The fourth-order valence-electron chi connectivity index (χ4n) is 3.13. The Morgan fingerprint density at radius 3 is 2.92 bits per heavy atom. The molecule has 0 amide bonds. The van der Waals surface area contributed by atoms with Crippen LogP contribution >= 0.6 is 0 Å². The van der Waals surface area contributed by atoms with E-state index in [0.717, 1.165) is 19.3 Å². The Balaban J connectivity index is 2.13. The number of hydrogen-bond acceptors (Lipinski definition) is 1. The quantitative estimate of drug-likeness (QED) is 0.643. The van der Waals surface area contributed by atoms with Crippen LogP contribution in [0.2, 0.25) is 0 Å². The van der Waals surface area contributed by atoms with Gasteiger partial charge in [0.15, 0.2) is 0 Å². The minimum atomic E-state index is -0.647. The summed E-state index contributed by atoms with van der Waals surface area (Å²) < 4.78 is 13.1. The van der Waals surface area contributed by atoms with Gasteiger partial charge in [-0.15, -0.1) is 0 Å². The molecule has 0 aromatic carbocycles. The SMILES string of the molecule is OC[C@@]12CCC[C@@H]1CCC(F)C2. The number of aliphatic hydroxyl groups excluding tert-OH is 1. The van der Waals surface area contributed by atoms with Crippen molar-refractivity contribution in [2.75, 3.05) is 6.61 Å². The fraction of sp³-hybridized carbons (Fsp3) is 1.00. The zero-order valence-electron chi connectivity index (χ0n) is 7.43. The van der Waals surface area contributed by atoms with E-state index in [-0.39, 0.29) is 12.0 Å². The predicted molar refractivity (Wildman–Crippen MR) is 45.6 cm³/mol. The number of aliphatic hydroxyl groups is 1. The summed E-state index contributed by atoms with van der Waals surface area (Å²) in [6.07, 6.45) is 5.16. The van der Waals surface area contributed by atoms with Crippen LogP contribution in [0.5, 0.6) is 0 Å². The van der Waals surface area contributed by atoms with E-state index < -0.39 is 6.17 Å². The molecule has 0 heterocycles. The van der Waals surface area contributed by atoms with Gasteiger partial charge in [0.1, 0.15) is 6.17 Å². The molecule has 0 aliphatic heterocycles. The zero-order chi connectivity index (χ0) is 8.60. The summed E-state index contributed by atoms with van der Waals surface area (Å²) in [5.74, 6) is 0.620.